The average molecular weight is 184 g/mol. The Morgan fingerprint density at radius 2 is 2.09 bits per heavy atom. The molecule has 6 N–H and O–H groups in total. The summed E-state index contributed by atoms with van der Waals surface area (Å²) in [4.78, 5) is 17.2. The van der Waals surface area contributed by atoms with E-state index in [1.165, 1.54) is 0 Å². The zero-order valence-corrected chi connectivity index (χ0v) is 6.87. The molecule has 0 fully saturated rings. The first-order valence-corrected chi connectivity index (χ1v) is 4.80. The summed E-state index contributed by atoms with van der Waals surface area (Å²) in [5, 5.41) is 10.7. The lowest BCUT2D eigenvalue weighted by Crippen LogP contribution is -2.37. The van der Waals surface area contributed by atoms with Gasteiger partial charge in [0.05, 0.1) is 6.61 Å². The molecule has 0 bridgehead atoms. The Bertz CT molecular complexity index is 147. The van der Waals surface area contributed by atoms with E-state index in [0.717, 1.165) is 0 Å². The second kappa shape index (κ2) is 4.82. The zero-order chi connectivity index (χ0) is 8.91. The maximum absolute atomic E-state index is 10.5. The molecule has 0 spiro atoms. The fourth-order valence-electron chi connectivity index (χ4n) is 0.571. The molecule has 0 aromatic heterocycles. The molecule has 0 rings (SSSR count). The van der Waals surface area contributed by atoms with Crippen LogP contribution < -0.4 is 11.1 Å². The predicted molar refractivity (Wildman–Crippen MR) is 40.0 cm³/mol. The van der Waals surface area contributed by atoms with Crippen molar-refractivity contribution < 1.29 is 19.5 Å². The summed E-state index contributed by atoms with van der Waals surface area (Å²) in [7, 11) is -4.15. The van der Waals surface area contributed by atoms with Crippen molar-refractivity contribution in [3.63, 3.8) is 0 Å². The van der Waals surface area contributed by atoms with Crippen molar-refractivity contribution >= 4 is 7.60 Å². The van der Waals surface area contributed by atoms with Crippen LogP contribution >= 0.6 is 7.60 Å². The maximum Gasteiger partial charge on any atom is 0.343 e. The van der Waals surface area contributed by atoms with Crippen LogP contribution in [0.4, 0.5) is 0 Å². The number of aliphatic hydroxyl groups excluding tert-OH is 1. The van der Waals surface area contributed by atoms with Gasteiger partial charge >= 0.3 is 7.60 Å². The molecule has 0 saturated heterocycles. The lowest BCUT2D eigenvalue weighted by atomic mass is 10.6. The summed E-state index contributed by atoms with van der Waals surface area (Å²) in [6, 6.07) is 0. The van der Waals surface area contributed by atoms with Crippen LogP contribution in [0.2, 0.25) is 0 Å². The molecule has 68 valence electrons. The molecule has 1 atom stereocenters. The van der Waals surface area contributed by atoms with Gasteiger partial charge < -0.3 is 25.9 Å². The van der Waals surface area contributed by atoms with Crippen LogP contribution in [0, 0.1) is 0 Å². The Balaban J connectivity index is 3.86. The fraction of sp³-hybridized carbons (Fsp3) is 1.00. The Morgan fingerprint density at radius 1 is 1.55 bits per heavy atom. The highest BCUT2D eigenvalue weighted by Crippen LogP contribution is 2.38. The quantitative estimate of drug-likeness (QED) is 0.316. The summed E-state index contributed by atoms with van der Waals surface area (Å²) in [5.74, 6) is -1.05. The average Bonchev–Trinajstić information content (AvgIpc) is 1.87. The van der Waals surface area contributed by atoms with Gasteiger partial charge in [0.1, 0.15) is 5.78 Å². The number of aliphatic hydroxyl groups is 1. The summed E-state index contributed by atoms with van der Waals surface area (Å²) in [6.45, 7) is -0.187. The van der Waals surface area contributed by atoms with Gasteiger partial charge in [0.15, 0.2) is 0 Å². The molecule has 0 aliphatic rings. The molecule has 0 aliphatic heterocycles. The first-order valence-electron chi connectivity index (χ1n) is 3.12. The van der Waals surface area contributed by atoms with E-state index in [0.29, 0.717) is 0 Å². The second-order valence-electron chi connectivity index (χ2n) is 2.02. The van der Waals surface area contributed by atoms with E-state index in [4.69, 9.17) is 20.6 Å². The Labute approximate surface area is 64.6 Å². The van der Waals surface area contributed by atoms with Crippen molar-refractivity contribution in [3.8, 4) is 0 Å². The van der Waals surface area contributed by atoms with Crippen molar-refractivity contribution in [3.05, 3.63) is 0 Å². The highest BCUT2D eigenvalue weighted by molar-refractivity contribution is 7.52. The Kier molecular flexibility index (Phi) is 4.83. The number of nitrogens with two attached hydrogens (primary N) is 1. The van der Waals surface area contributed by atoms with Crippen LogP contribution in [-0.2, 0) is 4.57 Å². The van der Waals surface area contributed by atoms with Gasteiger partial charge in [-0.2, -0.15) is 0 Å². The van der Waals surface area contributed by atoms with Gasteiger partial charge in [0.25, 0.3) is 0 Å². The fourth-order valence-corrected chi connectivity index (χ4v) is 1.21. The van der Waals surface area contributed by atoms with Crippen molar-refractivity contribution in [2.24, 2.45) is 5.73 Å². The first kappa shape index (κ1) is 11.0. The molecule has 0 amide bonds. The van der Waals surface area contributed by atoms with E-state index < -0.39 is 13.4 Å². The molecule has 0 aliphatic carbocycles. The summed E-state index contributed by atoms with van der Waals surface area (Å²) in [5.41, 5.74) is 5.06. The van der Waals surface area contributed by atoms with Crippen molar-refractivity contribution in [1.29, 1.82) is 0 Å². The van der Waals surface area contributed by atoms with Gasteiger partial charge in [-0.15, -0.1) is 0 Å². The molecular formula is C4H13N2O4P. The van der Waals surface area contributed by atoms with Crippen LogP contribution in [0.1, 0.15) is 0 Å². The van der Waals surface area contributed by atoms with E-state index in [9.17, 15) is 4.57 Å². The molecule has 1 unspecified atom stereocenters. The lowest BCUT2D eigenvalue weighted by Gasteiger charge is -2.16. The van der Waals surface area contributed by atoms with Crippen LogP contribution in [0.5, 0.6) is 0 Å². The maximum atomic E-state index is 10.5. The van der Waals surface area contributed by atoms with E-state index in [1.54, 1.807) is 0 Å². The highest BCUT2D eigenvalue weighted by Gasteiger charge is 2.25. The third-order valence-electron chi connectivity index (χ3n) is 1.12. The zero-order valence-electron chi connectivity index (χ0n) is 5.97. The molecule has 0 heterocycles. The van der Waals surface area contributed by atoms with Crippen LogP contribution in [0.25, 0.3) is 0 Å². The third kappa shape index (κ3) is 4.47. The van der Waals surface area contributed by atoms with Gasteiger partial charge in [0.2, 0.25) is 0 Å². The first-order chi connectivity index (χ1) is 5.02. The van der Waals surface area contributed by atoms with Crippen LogP contribution in [0.3, 0.4) is 0 Å². The Hall–Kier alpha value is 0.0300. The number of hydrogen-bond acceptors (Lipinski definition) is 4. The van der Waals surface area contributed by atoms with Gasteiger partial charge in [-0.25, -0.2) is 0 Å². The number of hydrogen-bond donors (Lipinski definition) is 5. The number of rotatable bonds is 5. The van der Waals surface area contributed by atoms with Gasteiger partial charge in [-0.1, -0.05) is 0 Å². The SMILES string of the molecule is NCC(NCCO)P(=O)(O)O. The third-order valence-corrected chi connectivity index (χ3v) is 2.33. The Morgan fingerprint density at radius 3 is 2.36 bits per heavy atom. The van der Waals surface area contributed by atoms with Crippen LogP contribution in [0.15, 0.2) is 0 Å². The van der Waals surface area contributed by atoms with Crippen molar-refractivity contribution in [1.82, 2.24) is 5.32 Å². The monoisotopic (exact) mass is 184 g/mol. The standard InChI is InChI=1S/C4H13N2O4P/c5-3-4(6-1-2-7)11(8,9)10/h4,6-7H,1-3,5H2,(H2,8,9,10). The minimum absolute atomic E-state index is 0.132. The number of nitrogens with one attached hydrogen (secondary N) is 1. The molecule has 0 saturated carbocycles. The predicted octanol–water partition coefficient (Wildman–Crippen LogP) is -1.97. The molecule has 0 aromatic carbocycles. The normalized spacial score (nSPS) is 14.9. The molecule has 11 heavy (non-hydrogen) atoms. The van der Waals surface area contributed by atoms with E-state index in [1.807, 2.05) is 0 Å². The largest absolute Gasteiger partial charge is 0.395 e. The smallest absolute Gasteiger partial charge is 0.343 e. The molecular weight excluding hydrogens is 171 g/mol. The minimum Gasteiger partial charge on any atom is -0.395 e. The second-order valence-corrected chi connectivity index (χ2v) is 3.82. The van der Waals surface area contributed by atoms with E-state index in [2.05, 4.69) is 5.32 Å². The molecule has 7 heteroatoms. The van der Waals surface area contributed by atoms with Gasteiger partial charge in [0, 0.05) is 13.1 Å². The van der Waals surface area contributed by atoms with E-state index >= 15 is 0 Å². The molecule has 0 radical (unpaired) electrons. The minimum atomic E-state index is -4.15. The topological polar surface area (TPSA) is 116 Å². The highest BCUT2D eigenvalue weighted by atomic mass is 31.2. The van der Waals surface area contributed by atoms with E-state index in [-0.39, 0.29) is 19.7 Å². The van der Waals surface area contributed by atoms with Gasteiger partial charge in [-0.3, -0.25) is 4.57 Å². The van der Waals surface area contributed by atoms with Crippen LogP contribution in [-0.4, -0.2) is 40.4 Å². The summed E-state index contributed by atoms with van der Waals surface area (Å²) in [6.07, 6.45) is 0. The van der Waals surface area contributed by atoms with Gasteiger partial charge in [-0.05, 0) is 0 Å². The van der Waals surface area contributed by atoms with Crippen molar-refractivity contribution in [2.45, 2.75) is 5.78 Å². The molecule has 0 aromatic rings. The molecule has 6 nitrogen and oxygen atoms in total. The summed E-state index contributed by atoms with van der Waals surface area (Å²) >= 11 is 0. The lowest BCUT2D eigenvalue weighted by molar-refractivity contribution is 0.283. The van der Waals surface area contributed by atoms with Crippen molar-refractivity contribution in [2.75, 3.05) is 19.7 Å². The summed E-state index contributed by atoms with van der Waals surface area (Å²) < 4.78 is 10.5.